The van der Waals surface area contributed by atoms with Gasteiger partial charge in [-0.25, -0.2) is 9.59 Å². The molecule has 120 valence electrons. The Labute approximate surface area is 122 Å². The van der Waals surface area contributed by atoms with E-state index in [1.165, 1.54) is 11.8 Å². The molecule has 0 saturated heterocycles. The van der Waals surface area contributed by atoms with Crippen LogP contribution >= 0.6 is 0 Å². The molecule has 0 bridgehead atoms. The molecule has 2 unspecified atom stereocenters. The number of carbonyl (C=O) groups is 4. The smallest absolute Gasteiger partial charge is 0.326 e. The number of carbonyl (C=O) groups excluding carboxylic acids is 3. The highest BCUT2D eigenvalue weighted by Crippen LogP contribution is 1.98. The second-order valence-electron chi connectivity index (χ2n) is 4.59. The van der Waals surface area contributed by atoms with E-state index in [-0.39, 0.29) is 18.7 Å². The Hall–Kier alpha value is -2.32. The minimum absolute atomic E-state index is 0.116. The summed E-state index contributed by atoms with van der Waals surface area (Å²) in [5.41, 5.74) is 4.93. The molecule has 0 saturated carbocycles. The van der Waals surface area contributed by atoms with Crippen LogP contribution in [0.25, 0.3) is 0 Å². The number of nitrogens with two attached hydrogens (primary N) is 1. The molecule has 0 fully saturated rings. The lowest BCUT2D eigenvalue weighted by Gasteiger charge is -2.21. The van der Waals surface area contributed by atoms with Crippen LogP contribution in [-0.4, -0.2) is 59.5 Å². The van der Waals surface area contributed by atoms with E-state index in [1.54, 1.807) is 14.0 Å². The van der Waals surface area contributed by atoms with Gasteiger partial charge in [-0.2, -0.15) is 0 Å². The molecule has 0 spiro atoms. The number of likely N-dealkylation sites (N-methyl/N-ethyl adjacent to an activating group) is 1. The van der Waals surface area contributed by atoms with Crippen molar-refractivity contribution in [3.63, 3.8) is 0 Å². The van der Waals surface area contributed by atoms with Gasteiger partial charge in [0.05, 0.1) is 0 Å². The summed E-state index contributed by atoms with van der Waals surface area (Å²) in [4.78, 5) is 46.4. The average molecular weight is 302 g/mol. The van der Waals surface area contributed by atoms with E-state index in [1.807, 2.05) is 0 Å². The molecule has 21 heavy (non-hydrogen) atoms. The predicted octanol–water partition coefficient (Wildman–Crippen LogP) is -1.13. The number of carboxylic acid groups (broad SMARTS) is 1. The van der Waals surface area contributed by atoms with Crippen molar-refractivity contribution >= 4 is 23.8 Å². The van der Waals surface area contributed by atoms with E-state index in [0.29, 0.717) is 6.54 Å². The number of carboxylic acids is 1. The van der Waals surface area contributed by atoms with Crippen LogP contribution < -0.4 is 16.4 Å². The summed E-state index contributed by atoms with van der Waals surface area (Å²) in [6.07, 6.45) is -0.278. The first-order chi connectivity index (χ1) is 9.68. The molecule has 0 aromatic rings. The summed E-state index contributed by atoms with van der Waals surface area (Å²) in [7, 11) is 1.59. The van der Waals surface area contributed by atoms with Crippen molar-refractivity contribution in [2.75, 3.05) is 13.6 Å². The molecule has 0 aliphatic heterocycles. The minimum Gasteiger partial charge on any atom is -0.480 e. The van der Waals surface area contributed by atoms with Crippen molar-refractivity contribution < 1.29 is 24.3 Å². The lowest BCUT2D eigenvalue weighted by atomic mass is 10.1. The van der Waals surface area contributed by atoms with Crippen LogP contribution in [-0.2, 0) is 14.4 Å². The molecular weight excluding hydrogens is 280 g/mol. The highest BCUT2D eigenvalue weighted by atomic mass is 16.4. The summed E-state index contributed by atoms with van der Waals surface area (Å²) in [5, 5.41) is 13.5. The Morgan fingerprint density at radius 3 is 2.24 bits per heavy atom. The largest absolute Gasteiger partial charge is 0.480 e. The van der Waals surface area contributed by atoms with Gasteiger partial charge in [0.15, 0.2) is 0 Å². The maximum Gasteiger partial charge on any atom is 0.326 e. The van der Waals surface area contributed by atoms with Crippen molar-refractivity contribution in [1.82, 2.24) is 15.5 Å². The molecule has 0 aliphatic carbocycles. The number of hydrogen-bond donors (Lipinski definition) is 4. The number of aliphatic carboxylic acids is 1. The van der Waals surface area contributed by atoms with Crippen LogP contribution in [0.15, 0.2) is 0 Å². The monoisotopic (exact) mass is 302 g/mol. The van der Waals surface area contributed by atoms with E-state index < -0.39 is 30.0 Å². The molecule has 0 aliphatic rings. The number of urea groups is 1. The predicted molar refractivity (Wildman–Crippen MR) is 74.3 cm³/mol. The zero-order valence-corrected chi connectivity index (χ0v) is 12.4. The van der Waals surface area contributed by atoms with Gasteiger partial charge in [-0.15, -0.1) is 0 Å². The van der Waals surface area contributed by atoms with Gasteiger partial charge in [-0.1, -0.05) is 0 Å². The number of hydrogen-bond acceptors (Lipinski definition) is 4. The van der Waals surface area contributed by atoms with Gasteiger partial charge in [0.2, 0.25) is 11.8 Å². The molecule has 0 aromatic carbocycles. The van der Waals surface area contributed by atoms with E-state index in [9.17, 15) is 19.2 Å². The van der Waals surface area contributed by atoms with Gasteiger partial charge in [0, 0.05) is 20.0 Å². The third-order valence-electron chi connectivity index (χ3n) is 2.85. The minimum atomic E-state index is -1.28. The topological polar surface area (TPSA) is 142 Å². The molecular formula is C12H22N4O5. The van der Waals surface area contributed by atoms with Crippen LogP contribution in [0.2, 0.25) is 0 Å². The Morgan fingerprint density at radius 2 is 1.81 bits per heavy atom. The quantitative estimate of drug-likeness (QED) is 0.449. The van der Waals surface area contributed by atoms with E-state index in [4.69, 9.17) is 10.8 Å². The molecule has 0 aromatic heterocycles. The normalized spacial score (nSPS) is 12.9. The van der Waals surface area contributed by atoms with Gasteiger partial charge in [-0.05, 0) is 20.3 Å². The number of amides is 4. The van der Waals surface area contributed by atoms with E-state index in [0.717, 1.165) is 0 Å². The average Bonchev–Trinajstić information content (AvgIpc) is 2.40. The van der Waals surface area contributed by atoms with Gasteiger partial charge in [-0.3, -0.25) is 9.59 Å². The molecule has 0 rings (SSSR count). The lowest BCUT2D eigenvalue weighted by molar-refractivity contribution is -0.139. The molecule has 0 heterocycles. The first kappa shape index (κ1) is 18.7. The molecule has 4 amide bonds. The van der Waals surface area contributed by atoms with Gasteiger partial charge < -0.3 is 26.4 Å². The molecule has 5 N–H and O–H groups in total. The highest BCUT2D eigenvalue weighted by Gasteiger charge is 2.23. The van der Waals surface area contributed by atoms with Gasteiger partial charge >= 0.3 is 12.0 Å². The Balaban J connectivity index is 4.46. The van der Waals surface area contributed by atoms with Crippen LogP contribution in [0.5, 0.6) is 0 Å². The Kier molecular flexibility index (Phi) is 7.80. The van der Waals surface area contributed by atoms with Crippen molar-refractivity contribution in [2.24, 2.45) is 5.73 Å². The Morgan fingerprint density at radius 1 is 1.24 bits per heavy atom. The fourth-order valence-electron chi connectivity index (χ4n) is 1.49. The zero-order chi connectivity index (χ0) is 16.6. The lowest BCUT2D eigenvalue weighted by Crippen LogP contribution is -2.52. The molecule has 2 atom stereocenters. The highest BCUT2D eigenvalue weighted by molar-refractivity contribution is 5.88. The zero-order valence-electron chi connectivity index (χ0n) is 12.4. The molecule has 0 radical (unpaired) electrons. The summed E-state index contributed by atoms with van der Waals surface area (Å²) in [5.74, 6) is -2.23. The first-order valence-electron chi connectivity index (χ1n) is 6.52. The fraction of sp³-hybridized carbons (Fsp3) is 0.667. The first-order valence-corrected chi connectivity index (χ1v) is 6.52. The fourth-order valence-corrected chi connectivity index (χ4v) is 1.49. The number of primary amides is 1. The van der Waals surface area contributed by atoms with Crippen LogP contribution in [0.4, 0.5) is 4.79 Å². The Bertz CT molecular complexity index is 412. The third kappa shape index (κ3) is 7.14. The second-order valence-corrected chi connectivity index (χ2v) is 4.59. The van der Waals surface area contributed by atoms with Gasteiger partial charge in [0.25, 0.3) is 0 Å². The molecule has 9 nitrogen and oxygen atoms in total. The van der Waals surface area contributed by atoms with Crippen molar-refractivity contribution in [2.45, 2.75) is 38.8 Å². The van der Waals surface area contributed by atoms with Crippen molar-refractivity contribution in [3.05, 3.63) is 0 Å². The number of nitrogens with zero attached hydrogens (tertiary/aromatic N) is 1. The van der Waals surface area contributed by atoms with E-state index >= 15 is 0 Å². The number of rotatable bonds is 8. The van der Waals surface area contributed by atoms with E-state index in [2.05, 4.69) is 10.6 Å². The number of nitrogens with one attached hydrogen (secondary N) is 2. The summed E-state index contributed by atoms with van der Waals surface area (Å²) in [6.45, 7) is 3.77. The standard InChI is InChI=1S/C12H22N4O5/c1-4-16(3)10(18)7(2)14-12(21)15-8(11(19)20)5-6-9(13)17/h7-8H,4-6H2,1-3H3,(H2,13,17)(H,19,20)(H2,14,15,21). The second kappa shape index (κ2) is 8.77. The molecule has 9 heteroatoms. The van der Waals surface area contributed by atoms with Gasteiger partial charge in [0.1, 0.15) is 12.1 Å². The van der Waals surface area contributed by atoms with Crippen LogP contribution in [0, 0.1) is 0 Å². The summed E-state index contributed by atoms with van der Waals surface area (Å²) in [6, 6.07) is -2.83. The van der Waals surface area contributed by atoms with Crippen molar-refractivity contribution in [1.29, 1.82) is 0 Å². The summed E-state index contributed by atoms with van der Waals surface area (Å²) < 4.78 is 0. The summed E-state index contributed by atoms with van der Waals surface area (Å²) >= 11 is 0. The van der Waals surface area contributed by atoms with Crippen LogP contribution in [0.1, 0.15) is 26.7 Å². The SMILES string of the molecule is CCN(C)C(=O)C(C)NC(=O)NC(CCC(N)=O)C(=O)O. The van der Waals surface area contributed by atoms with Crippen molar-refractivity contribution in [3.8, 4) is 0 Å². The maximum absolute atomic E-state index is 11.8. The maximum atomic E-state index is 11.8. The van der Waals surface area contributed by atoms with Crippen LogP contribution in [0.3, 0.4) is 0 Å². The third-order valence-corrected chi connectivity index (χ3v) is 2.85.